The molecule has 0 bridgehead atoms. The molecule has 2 aliphatic heterocycles. The molecule has 142 valence electrons. The Labute approximate surface area is 160 Å². The number of benzene rings is 1. The number of hydrogen-bond acceptors (Lipinski definition) is 4. The van der Waals surface area contributed by atoms with Crippen LogP contribution in [-0.2, 0) is 11.2 Å². The lowest BCUT2D eigenvalue weighted by molar-refractivity contribution is -0.129. The third kappa shape index (κ3) is 2.68. The molecule has 0 spiro atoms. The van der Waals surface area contributed by atoms with Gasteiger partial charge in [0, 0.05) is 56.3 Å². The predicted octanol–water partition coefficient (Wildman–Crippen LogP) is 2.14. The first-order chi connectivity index (χ1) is 12.8. The molecule has 27 heavy (non-hydrogen) atoms. The van der Waals surface area contributed by atoms with E-state index in [1.54, 1.807) is 13.0 Å². The fraction of sp³-hybridized carbons (Fsp3) is 0.421. The highest BCUT2D eigenvalue weighted by molar-refractivity contribution is 6.34. The van der Waals surface area contributed by atoms with E-state index in [-0.39, 0.29) is 17.5 Å². The third-order valence-electron chi connectivity index (χ3n) is 5.59. The summed E-state index contributed by atoms with van der Waals surface area (Å²) < 4.78 is 1.88. The molecule has 1 aromatic heterocycles. The number of nitrogens with zero attached hydrogens (tertiary/aromatic N) is 3. The van der Waals surface area contributed by atoms with Crippen LogP contribution in [0.25, 0.3) is 10.9 Å². The van der Waals surface area contributed by atoms with Crippen molar-refractivity contribution in [2.45, 2.75) is 26.3 Å². The van der Waals surface area contributed by atoms with E-state index >= 15 is 0 Å². The Morgan fingerprint density at radius 2 is 1.89 bits per heavy atom. The molecule has 2 aliphatic rings. The quantitative estimate of drug-likeness (QED) is 0.850. The van der Waals surface area contributed by atoms with E-state index in [9.17, 15) is 19.5 Å². The molecule has 0 radical (unpaired) electrons. The highest BCUT2D eigenvalue weighted by Gasteiger charge is 2.31. The van der Waals surface area contributed by atoms with Crippen molar-refractivity contribution in [3.05, 3.63) is 38.6 Å². The van der Waals surface area contributed by atoms with E-state index in [0.717, 1.165) is 16.8 Å². The molecule has 1 unspecified atom stereocenters. The Balaban J connectivity index is 1.87. The average molecular weight is 390 g/mol. The molecular weight excluding hydrogens is 370 g/mol. The Morgan fingerprint density at radius 3 is 2.48 bits per heavy atom. The number of pyridine rings is 1. The van der Waals surface area contributed by atoms with E-state index in [1.165, 1.54) is 6.20 Å². The lowest BCUT2D eigenvalue weighted by Crippen LogP contribution is -2.48. The van der Waals surface area contributed by atoms with Crippen molar-refractivity contribution in [3.8, 4) is 0 Å². The fourth-order valence-corrected chi connectivity index (χ4v) is 4.57. The smallest absolute Gasteiger partial charge is 0.341 e. The maximum absolute atomic E-state index is 12.7. The van der Waals surface area contributed by atoms with Crippen LogP contribution in [0.1, 0.15) is 35.8 Å². The summed E-state index contributed by atoms with van der Waals surface area (Å²) in [4.78, 5) is 39.7. The summed E-state index contributed by atoms with van der Waals surface area (Å²) in [5, 5.41) is 10.2. The number of halogens is 1. The third-order valence-corrected chi connectivity index (χ3v) is 5.87. The number of carboxylic acids is 1. The lowest BCUT2D eigenvalue weighted by Gasteiger charge is -2.37. The number of rotatable bonds is 2. The largest absolute Gasteiger partial charge is 0.477 e. The molecule has 4 rings (SSSR count). The molecule has 1 fully saturated rings. The topological polar surface area (TPSA) is 82.8 Å². The predicted molar refractivity (Wildman–Crippen MR) is 103 cm³/mol. The van der Waals surface area contributed by atoms with Crippen LogP contribution in [0, 0.1) is 0 Å². The molecule has 7 nitrogen and oxygen atoms in total. The number of piperazine rings is 1. The summed E-state index contributed by atoms with van der Waals surface area (Å²) in [7, 11) is 0. The second-order valence-electron chi connectivity index (χ2n) is 7.21. The van der Waals surface area contributed by atoms with Crippen molar-refractivity contribution in [1.29, 1.82) is 0 Å². The minimum Gasteiger partial charge on any atom is -0.477 e. The molecule has 1 atom stereocenters. The Hall–Kier alpha value is -2.54. The number of carbonyl (C=O) groups is 2. The number of aromatic carboxylic acids is 1. The zero-order valence-corrected chi connectivity index (χ0v) is 15.9. The lowest BCUT2D eigenvalue weighted by atomic mass is 10.0. The van der Waals surface area contributed by atoms with E-state index in [1.807, 2.05) is 16.4 Å². The van der Waals surface area contributed by atoms with Crippen LogP contribution in [0.3, 0.4) is 0 Å². The monoisotopic (exact) mass is 389 g/mol. The van der Waals surface area contributed by atoms with E-state index in [0.29, 0.717) is 43.0 Å². The van der Waals surface area contributed by atoms with Gasteiger partial charge in [-0.25, -0.2) is 4.79 Å². The summed E-state index contributed by atoms with van der Waals surface area (Å²) in [5.41, 5.74) is 1.91. The van der Waals surface area contributed by atoms with Crippen molar-refractivity contribution in [3.63, 3.8) is 0 Å². The second kappa shape index (κ2) is 6.27. The van der Waals surface area contributed by atoms with Crippen LogP contribution in [0.5, 0.6) is 0 Å². The van der Waals surface area contributed by atoms with Crippen molar-refractivity contribution in [1.82, 2.24) is 9.47 Å². The molecular formula is C19H20ClN3O4. The second-order valence-corrected chi connectivity index (χ2v) is 7.62. The fourth-order valence-electron chi connectivity index (χ4n) is 4.23. The highest BCUT2D eigenvalue weighted by atomic mass is 35.5. The van der Waals surface area contributed by atoms with Crippen LogP contribution in [-0.4, -0.2) is 52.6 Å². The standard InChI is InChI=1S/C19H20ClN3O4/c1-10-7-12-16-13(18(25)14(19(26)27)9-23(10)16)8-15(20)17(12)22-5-3-21(4-6-22)11(2)24/h8-10H,3-7H2,1-2H3,(H,26,27). The first-order valence-corrected chi connectivity index (χ1v) is 9.31. The van der Waals surface area contributed by atoms with E-state index in [2.05, 4.69) is 4.90 Å². The number of aromatic nitrogens is 1. The molecule has 1 aromatic carbocycles. The first-order valence-electron chi connectivity index (χ1n) is 8.93. The zero-order valence-electron chi connectivity index (χ0n) is 15.2. The molecule has 8 heteroatoms. The van der Waals surface area contributed by atoms with Gasteiger partial charge in [0.1, 0.15) is 5.56 Å². The van der Waals surface area contributed by atoms with Gasteiger partial charge < -0.3 is 19.5 Å². The van der Waals surface area contributed by atoms with Gasteiger partial charge in [-0.3, -0.25) is 9.59 Å². The number of amides is 1. The SMILES string of the molecule is CC(=O)N1CCN(c2c(Cl)cc3c(=O)c(C(=O)O)cn4c3c2CC4C)CC1. The Bertz CT molecular complexity index is 1040. The number of anilines is 1. The van der Waals surface area contributed by atoms with Crippen molar-refractivity contribution < 1.29 is 14.7 Å². The minimum atomic E-state index is -1.23. The normalized spacial score (nSPS) is 19.0. The summed E-state index contributed by atoms with van der Waals surface area (Å²) in [6.07, 6.45) is 2.13. The van der Waals surface area contributed by atoms with E-state index in [4.69, 9.17) is 11.6 Å². The molecule has 0 aliphatic carbocycles. The van der Waals surface area contributed by atoms with Crippen molar-refractivity contribution in [2.24, 2.45) is 0 Å². The van der Waals surface area contributed by atoms with Crippen LogP contribution in [0.2, 0.25) is 5.02 Å². The molecule has 1 amide bonds. The summed E-state index contributed by atoms with van der Waals surface area (Å²) in [6, 6.07) is 1.63. The van der Waals surface area contributed by atoms with Gasteiger partial charge in [-0.05, 0) is 19.4 Å². The first kappa shape index (κ1) is 17.9. The maximum Gasteiger partial charge on any atom is 0.341 e. The maximum atomic E-state index is 12.7. The Morgan fingerprint density at radius 1 is 1.22 bits per heavy atom. The van der Waals surface area contributed by atoms with Gasteiger partial charge in [-0.15, -0.1) is 0 Å². The molecule has 1 saturated heterocycles. The van der Waals surface area contributed by atoms with Gasteiger partial charge in [-0.1, -0.05) is 11.6 Å². The van der Waals surface area contributed by atoms with Gasteiger partial charge in [0.25, 0.3) is 0 Å². The van der Waals surface area contributed by atoms with Crippen LogP contribution in [0.15, 0.2) is 17.1 Å². The van der Waals surface area contributed by atoms with Gasteiger partial charge in [0.05, 0.1) is 16.2 Å². The number of hydrogen-bond donors (Lipinski definition) is 1. The zero-order chi connectivity index (χ0) is 19.5. The molecule has 3 heterocycles. The number of carboxylic acid groups (broad SMARTS) is 1. The summed E-state index contributed by atoms with van der Waals surface area (Å²) in [6.45, 7) is 6.17. The summed E-state index contributed by atoms with van der Waals surface area (Å²) >= 11 is 6.58. The summed E-state index contributed by atoms with van der Waals surface area (Å²) in [5.74, 6) is -1.17. The van der Waals surface area contributed by atoms with Gasteiger partial charge in [-0.2, -0.15) is 0 Å². The molecule has 2 aromatic rings. The number of carbonyl (C=O) groups excluding carboxylic acids is 1. The van der Waals surface area contributed by atoms with Crippen LogP contribution < -0.4 is 10.3 Å². The van der Waals surface area contributed by atoms with Gasteiger partial charge in [0.15, 0.2) is 0 Å². The highest BCUT2D eigenvalue weighted by Crippen LogP contribution is 2.42. The Kier molecular flexibility index (Phi) is 4.14. The molecule has 1 N–H and O–H groups in total. The van der Waals surface area contributed by atoms with Crippen molar-refractivity contribution >= 4 is 40.1 Å². The molecule has 0 saturated carbocycles. The van der Waals surface area contributed by atoms with Crippen LogP contribution >= 0.6 is 11.6 Å². The van der Waals surface area contributed by atoms with Crippen LogP contribution in [0.4, 0.5) is 5.69 Å². The van der Waals surface area contributed by atoms with E-state index < -0.39 is 11.4 Å². The van der Waals surface area contributed by atoms with Gasteiger partial charge >= 0.3 is 5.97 Å². The van der Waals surface area contributed by atoms with Gasteiger partial charge in [0.2, 0.25) is 11.3 Å². The average Bonchev–Trinajstić information content (AvgIpc) is 2.94. The minimum absolute atomic E-state index is 0.0388. The van der Waals surface area contributed by atoms with Crippen molar-refractivity contribution in [2.75, 3.05) is 31.1 Å².